The normalized spacial score (nSPS) is 13.9. The van der Waals surface area contributed by atoms with Gasteiger partial charge in [0.05, 0.1) is 12.4 Å². The fraction of sp³-hybridized carbons (Fsp3) is 0.200. The van der Waals surface area contributed by atoms with Crippen LogP contribution in [0, 0.1) is 0 Å². The summed E-state index contributed by atoms with van der Waals surface area (Å²) in [6, 6.07) is 12.1. The SMILES string of the molecule is CC(OS(C)(=O)=O)c1cc2ccccc2c2sccc12. The molecule has 3 rings (SSSR count). The Kier molecular flexibility index (Phi) is 3.28. The number of hydrogen-bond donors (Lipinski definition) is 0. The van der Waals surface area contributed by atoms with Crippen LogP contribution in [0.1, 0.15) is 18.6 Å². The van der Waals surface area contributed by atoms with E-state index in [1.807, 2.05) is 35.7 Å². The summed E-state index contributed by atoms with van der Waals surface area (Å²) in [7, 11) is -3.47. The van der Waals surface area contributed by atoms with Crippen molar-refractivity contribution in [3.05, 3.63) is 47.3 Å². The van der Waals surface area contributed by atoms with Gasteiger partial charge in [0.1, 0.15) is 0 Å². The topological polar surface area (TPSA) is 43.4 Å². The standard InChI is InChI=1S/C15H14O3S2/c1-10(18-20(2,16)17)14-9-11-5-3-4-6-12(11)15-13(14)7-8-19-15/h3-10H,1-2H3. The first-order valence-electron chi connectivity index (χ1n) is 6.23. The van der Waals surface area contributed by atoms with Crippen LogP contribution in [0.25, 0.3) is 20.9 Å². The Morgan fingerprint density at radius 3 is 2.65 bits per heavy atom. The fourth-order valence-electron chi connectivity index (χ4n) is 2.47. The molecule has 1 aromatic heterocycles. The van der Waals surface area contributed by atoms with E-state index >= 15 is 0 Å². The van der Waals surface area contributed by atoms with Crippen molar-refractivity contribution < 1.29 is 12.6 Å². The van der Waals surface area contributed by atoms with Crippen molar-refractivity contribution in [3.63, 3.8) is 0 Å². The highest BCUT2D eigenvalue weighted by molar-refractivity contribution is 7.86. The smallest absolute Gasteiger partial charge is 0.262 e. The van der Waals surface area contributed by atoms with Crippen molar-refractivity contribution >= 4 is 42.3 Å². The summed E-state index contributed by atoms with van der Waals surface area (Å²) >= 11 is 1.66. The van der Waals surface area contributed by atoms with Gasteiger partial charge in [-0.3, -0.25) is 4.18 Å². The first-order valence-corrected chi connectivity index (χ1v) is 8.92. The molecule has 0 aliphatic carbocycles. The third-order valence-electron chi connectivity index (χ3n) is 3.25. The van der Waals surface area contributed by atoms with Crippen LogP contribution < -0.4 is 0 Å². The van der Waals surface area contributed by atoms with Gasteiger partial charge in [0.15, 0.2) is 0 Å². The minimum atomic E-state index is -3.47. The molecule has 0 radical (unpaired) electrons. The summed E-state index contributed by atoms with van der Waals surface area (Å²) < 4.78 is 29.0. The van der Waals surface area contributed by atoms with E-state index in [1.165, 1.54) is 10.1 Å². The van der Waals surface area contributed by atoms with E-state index in [-0.39, 0.29) is 0 Å². The molecule has 5 heteroatoms. The number of fused-ring (bicyclic) bond motifs is 3. The van der Waals surface area contributed by atoms with E-state index in [9.17, 15) is 8.42 Å². The molecule has 2 aromatic carbocycles. The molecule has 104 valence electrons. The molecule has 1 atom stereocenters. The van der Waals surface area contributed by atoms with Crippen LogP contribution in [0.15, 0.2) is 41.8 Å². The second-order valence-electron chi connectivity index (χ2n) is 4.79. The summed E-state index contributed by atoms with van der Waals surface area (Å²) in [5.74, 6) is 0. The molecular formula is C15H14O3S2. The lowest BCUT2D eigenvalue weighted by Gasteiger charge is -2.14. The molecule has 0 saturated carbocycles. The van der Waals surface area contributed by atoms with Gasteiger partial charge in [-0.15, -0.1) is 11.3 Å². The Morgan fingerprint density at radius 1 is 1.15 bits per heavy atom. The molecule has 1 heterocycles. The number of rotatable bonds is 3. The number of benzene rings is 2. The predicted molar refractivity (Wildman–Crippen MR) is 83.7 cm³/mol. The van der Waals surface area contributed by atoms with Crippen LogP contribution in [0.2, 0.25) is 0 Å². The second kappa shape index (κ2) is 4.84. The maximum atomic E-state index is 11.3. The third-order valence-corrected chi connectivity index (χ3v) is 4.84. The van der Waals surface area contributed by atoms with Crippen LogP contribution >= 0.6 is 11.3 Å². The molecule has 1 unspecified atom stereocenters. The molecule has 0 saturated heterocycles. The van der Waals surface area contributed by atoms with Gasteiger partial charge in [0.25, 0.3) is 10.1 Å². The Balaban J connectivity index is 2.25. The van der Waals surface area contributed by atoms with Gasteiger partial charge in [-0.2, -0.15) is 8.42 Å². The minimum absolute atomic E-state index is 0.494. The maximum Gasteiger partial charge on any atom is 0.264 e. The second-order valence-corrected chi connectivity index (χ2v) is 7.31. The first-order chi connectivity index (χ1) is 9.46. The van der Waals surface area contributed by atoms with Crippen LogP contribution in [0.5, 0.6) is 0 Å². The molecule has 3 nitrogen and oxygen atoms in total. The molecule has 3 aromatic rings. The van der Waals surface area contributed by atoms with Gasteiger partial charge in [0.2, 0.25) is 0 Å². The van der Waals surface area contributed by atoms with Crippen molar-refractivity contribution in [2.45, 2.75) is 13.0 Å². The zero-order valence-corrected chi connectivity index (χ0v) is 12.8. The maximum absolute atomic E-state index is 11.3. The summed E-state index contributed by atoms with van der Waals surface area (Å²) in [6.45, 7) is 1.77. The quantitative estimate of drug-likeness (QED) is 0.684. The van der Waals surface area contributed by atoms with Crippen molar-refractivity contribution in [2.75, 3.05) is 6.26 Å². The lowest BCUT2D eigenvalue weighted by atomic mass is 10.0. The lowest BCUT2D eigenvalue weighted by molar-refractivity contribution is 0.238. The van der Waals surface area contributed by atoms with Gasteiger partial charge in [-0.25, -0.2) is 0 Å². The van der Waals surface area contributed by atoms with Gasteiger partial charge in [-0.05, 0) is 46.2 Å². The van der Waals surface area contributed by atoms with Crippen molar-refractivity contribution in [3.8, 4) is 0 Å². The third kappa shape index (κ3) is 2.44. The zero-order chi connectivity index (χ0) is 14.3. The highest BCUT2D eigenvalue weighted by Gasteiger charge is 2.17. The van der Waals surface area contributed by atoms with E-state index in [1.54, 1.807) is 18.3 Å². The summed E-state index contributed by atoms with van der Waals surface area (Å²) in [5, 5.41) is 5.37. The van der Waals surface area contributed by atoms with E-state index in [0.717, 1.165) is 22.6 Å². The summed E-state index contributed by atoms with van der Waals surface area (Å²) in [4.78, 5) is 0. The lowest BCUT2D eigenvalue weighted by Crippen LogP contribution is -2.07. The van der Waals surface area contributed by atoms with Crippen molar-refractivity contribution in [1.82, 2.24) is 0 Å². The highest BCUT2D eigenvalue weighted by atomic mass is 32.2. The van der Waals surface area contributed by atoms with Gasteiger partial charge in [-0.1, -0.05) is 24.3 Å². The molecule has 20 heavy (non-hydrogen) atoms. The Labute approximate surface area is 121 Å². The van der Waals surface area contributed by atoms with Crippen molar-refractivity contribution in [1.29, 1.82) is 0 Å². The van der Waals surface area contributed by atoms with Gasteiger partial charge in [0, 0.05) is 4.70 Å². The van der Waals surface area contributed by atoms with Crippen molar-refractivity contribution in [2.24, 2.45) is 0 Å². The Hall–Kier alpha value is -1.43. The first kappa shape index (κ1) is 13.5. The monoisotopic (exact) mass is 306 g/mol. The summed E-state index contributed by atoms with van der Waals surface area (Å²) in [6.07, 6.45) is 0.585. The Bertz CT molecular complexity index is 878. The van der Waals surface area contributed by atoms with Crippen LogP contribution in [0.3, 0.4) is 0 Å². The van der Waals surface area contributed by atoms with E-state index in [4.69, 9.17) is 4.18 Å². The highest BCUT2D eigenvalue weighted by Crippen LogP contribution is 2.36. The molecule has 0 fully saturated rings. The summed E-state index contributed by atoms with van der Waals surface area (Å²) in [5.41, 5.74) is 0.908. The van der Waals surface area contributed by atoms with Crippen LogP contribution in [-0.4, -0.2) is 14.7 Å². The molecule has 0 amide bonds. The van der Waals surface area contributed by atoms with E-state index in [2.05, 4.69) is 6.07 Å². The minimum Gasteiger partial charge on any atom is -0.262 e. The largest absolute Gasteiger partial charge is 0.264 e. The number of hydrogen-bond acceptors (Lipinski definition) is 4. The van der Waals surface area contributed by atoms with E-state index < -0.39 is 16.2 Å². The molecule has 0 aliphatic rings. The van der Waals surface area contributed by atoms with E-state index in [0.29, 0.717) is 0 Å². The fourth-order valence-corrected chi connectivity index (χ4v) is 4.06. The van der Waals surface area contributed by atoms with Gasteiger partial charge >= 0.3 is 0 Å². The van der Waals surface area contributed by atoms with Gasteiger partial charge < -0.3 is 0 Å². The predicted octanol–water partition coefficient (Wildman–Crippen LogP) is 4.09. The average Bonchev–Trinajstić information content (AvgIpc) is 2.85. The molecule has 0 bridgehead atoms. The zero-order valence-electron chi connectivity index (χ0n) is 11.2. The van der Waals surface area contributed by atoms with Crippen LogP contribution in [0.4, 0.5) is 0 Å². The molecule has 0 spiro atoms. The Morgan fingerprint density at radius 2 is 1.90 bits per heavy atom. The molecule has 0 N–H and O–H groups in total. The average molecular weight is 306 g/mol. The number of thiophene rings is 1. The molecular weight excluding hydrogens is 292 g/mol. The van der Waals surface area contributed by atoms with Crippen LogP contribution in [-0.2, 0) is 14.3 Å². The molecule has 0 aliphatic heterocycles.